The number of hydrogen-bond acceptors (Lipinski definition) is 4. The van der Waals surface area contributed by atoms with E-state index < -0.39 is 12.9 Å². The Morgan fingerprint density at radius 1 is 1.47 bits per heavy atom. The highest BCUT2D eigenvalue weighted by atomic mass is 31.2. The molecule has 0 radical (unpaired) electrons. The summed E-state index contributed by atoms with van der Waals surface area (Å²) < 4.78 is 26.6. The lowest BCUT2D eigenvalue weighted by Crippen LogP contribution is -2.28. The third-order valence-electron chi connectivity index (χ3n) is 1.85. The van der Waals surface area contributed by atoms with Crippen LogP contribution in [-0.2, 0) is 18.3 Å². The molecule has 0 amide bonds. The summed E-state index contributed by atoms with van der Waals surface area (Å²) >= 11 is 0. The first-order chi connectivity index (χ1) is 6.89. The standard InChI is InChI=1S/C9H18O4P2/c1-5-6-7-9(14,11-2)8-13-15(4,10)12-3/h7-8,14H2,1-4H3/t9-,15?/m1/s1. The molecule has 15 heavy (non-hydrogen) atoms. The summed E-state index contributed by atoms with van der Waals surface area (Å²) in [7, 11) is 2.47. The zero-order valence-corrected chi connectivity index (χ0v) is 11.6. The first kappa shape index (κ1) is 15.1. The molecule has 4 nitrogen and oxygen atoms in total. The van der Waals surface area contributed by atoms with E-state index in [-0.39, 0.29) is 6.61 Å². The van der Waals surface area contributed by atoms with Gasteiger partial charge in [0.25, 0.3) is 0 Å². The first-order valence-electron chi connectivity index (χ1n) is 4.40. The van der Waals surface area contributed by atoms with Crippen LogP contribution < -0.4 is 0 Å². The molecule has 6 heteroatoms. The van der Waals surface area contributed by atoms with Gasteiger partial charge in [-0.1, -0.05) is 9.24 Å². The largest absolute Gasteiger partial charge is 0.371 e. The van der Waals surface area contributed by atoms with Gasteiger partial charge in [-0.05, 0) is 6.92 Å². The van der Waals surface area contributed by atoms with E-state index in [4.69, 9.17) is 13.8 Å². The zero-order chi connectivity index (χ0) is 11.9. The van der Waals surface area contributed by atoms with Gasteiger partial charge in [0.05, 0.1) is 6.61 Å². The Kier molecular flexibility index (Phi) is 6.68. The zero-order valence-electron chi connectivity index (χ0n) is 9.57. The fourth-order valence-electron chi connectivity index (χ4n) is 0.699. The second kappa shape index (κ2) is 6.63. The number of hydrogen-bond donors (Lipinski definition) is 0. The third-order valence-corrected chi connectivity index (χ3v) is 3.71. The highest BCUT2D eigenvalue weighted by Crippen LogP contribution is 2.44. The van der Waals surface area contributed by atoms with E-state index in [1.807, 2.05) is 0 Å². The summed E-state index contributed by atoms with van der Waals surface area (Å²) in [4.78, 5) is 0. The van der Waals surface area contributed by atoms with Crippen LogP contribution in [0.2, 0.25) is 0 Å². The summed E-state index contributed by atoms with van der Waals surface area (Å²) in [6.07, 6.45) is 0.494. The monoisotopic (exact) mass is 252 g/mol. The van der Waals surface area contributed by atoms with E-state index in [9.17, 15) is 4.57 Å². The van der Waals surface area contributed by atoms with Gasteiger partial charge >= 0.3 is 7.60 Å². The molecule has 2 unspecified atom stereocenters. The fourth-order valence-corrected chi connectivity index (χ4v) is 1.58. The number of ether oxygens (including phenoxy) is 1. The Hall–Kier alpha value is 0.100. The minimum Gasteiger partial charge on any atom is -0.371 e. The highest BCUT2D eigenvalue weighted by Gasteiger charge is 2.27. The molecule has 0 aromatic rings. The van der Waals surface area contributed by atoms with Crippen molar-refractivity contribution in [2.45, 2.75) is 18.7 Å². The van der Waals surface area contributed by atoms with Gasteiger partial charge in [-0.15, -0.1) is 11.8 Å². The van der Waals surface area contributed by atoms with Crippen LogP contribution in [0.15, 0.2) is 0 Å². The van der Waals surface area contributed by atoms with Gasteiger partial charge in [-0.3, -0.25) is 4.57 Å². The average molecular weight is 252 g/mol. The summed E-state index contributed by atoms with van der Waals surface area (Å²) in [6.45, 7) is 3.32. The van der Waals surface area contributed by atoms with E-state index in [2.05, 4.69) is 21.1 Å². The Bertz CT molecular complexity index is 294. The maximum atomic E-state index is 11.5. The normalized spacial score (nSPS) is 18.5. The average Bonchev–Trinajstić information content (AvgIpc) is 2.24. The maximum Gasteiger partial charge on any atom is 0.327 e. The lowest BCUT2D eigenvalue weighted by atomic mass is 10.2. The van der Waals surface area contributed by atoms with Crippen LogP contribution in [0.3, 0.4) is 0 Å². The first-order valence-corrected chi connectivity index (χ1v) is 6.97. The molecule has 0 aromatic carbocycles. The lowest BCUT2D eigenvalue weighted by Gasteiger charge is -2.26. The molecule has 0 saturated heterocycles. The predicted molar refractivity (Wildman–Crippen MR) is 64.0 cm³/mol. The van der Waals surface area contributed by atoms with Gasteiger partial charge in [0.1, 0.15) is 5.34 Å². The Balaban J connectivity index is 4.30. The van der Waals surface area contributed by atoms with Gasteiger partial charge in [-0.2, -0.15) is 0 Å². The molecule has 0 spiro atoms. The highest BCUT2D eigenvalue weighted by molar-refractivity contribution is 7.52. The van der Waals surface area contributed by atoms with Gasteiger partial charge in [0, 0.05) is 27.3 Å². The van der Waals surface area contributed by atoms with Gasteiger partial charge in [0.15, 0.2) is 0 Å². The van der Waals surface area contributed by atoms with Crippen LogP contribution in [0, 0.1) is 11.8 Å². The van der Waals surface area contributed by atoms with Gasteiger partial charge in [-0.25, -0.2) is 0 Å². The van der Waals surface area contributed by atoms with Crippen molar-refractivity contribution in [3.05, 3.63) is 0 Å². The molecule has 0 N–H and O–H groups in total. The van der Waals surface area contributed by atoms with Crippen LogP contribution in [0.25, 0.3) is 0 Å². The smallest absolute Gasteiger partial charge is 0.327 e. The topological polar surface area (TPSA) is 44.8 Å². The molecule has 88 valence electrons. The summed E-state index contributed by atoms with van der Waals surface area (Å²) in [5.74, 6) is 5.66. The SMILES string of the molecule is CC#CC[C@@](P)(COP(C)(=O)OC)OC. The number of methoxy groups -OCH3 is 1. The minimum absolute atomic E-state index is 0.157. The van der Waals surface area contributed by atoms with Crippen molar-refractivity contribution in [3.63, 3.8) is 0 Å². The fraction of sp³-hybridized carbons (Fsp3) is 0.778. The minimum atomic E-state index is -2.96. The molecule has 0 rings (SSSR count). The summed E-state index contributed by atoms with van der Waals surface area (Å²) in [6, 6.07) is 0. The molecule has 3 atom stereocenters. The third kappa shape index (κ3) is 6.30. The van der Waals surface area contributed by atoms with E-state index in [0.717, 1.165) is 0 Å². The summed E-state index contributed by atoms with van der Waals surface area (Å²) in [5.41, 5.74) is 0. The molecule has 0 aromatic heterocycles. The quantitative estimate of drug-likeness (QED) is 0.536. The van der Waals surface area contributed by atoms with Crippen molar-refractivity contribution in [1.29, 1.82) is 0 Å². The lowest BCUT2D eigenvalue weighted by molar-refractivity contribution is 0.0278. The second-order valence-corrected chi connectivity index (χ2v) is 6.32. The number of rotatable bonds is 6. The molecule has 0 aliphatic carbocycles. The van der Waals surface area contributed by atoms with Crippen molar-refractivity contribution >= 4 is 16.8 Å². The van der Waals surface area contributed by atoms with Crippen LogP contribution in [0.4, 0.5) is 0 Å². The van der Waals surface area contributed by atoms with Crippen molar-refractivity contribution in [3.8, 4) is 11.8 Å². The molecular weight excluding hydrogens is 234 g/mol. The van der Waals surface area contributed by atoms with E-state index in [0.29, 0.717) is 6.42 Å². The van der Waals surface area contributed by atoms with Crippen molar-refractivity contribution < 1.29 is 18.3 Å². The molecule has 0 heterocycles. The van der Waals surface area contributed by atoms with Crippen LogP contribution in [-0.4, -0.2) is 32.8 Å². The molecule has 0 aliphatic heterocycles. The Labute approximate surface area is 93.8 Å². The molecule has 0 saturated carbocycles. The molecule has 0 fully saturated rings. The van der Waals surface area contributed by atoms with E-state index in [1.165, 1.54) is 13.8 Å². The Morgan fingerprint density at radius 3 is 2.47 bits per heavy atom. The summed E-state index contributed by atoms with van der Waals surface area (Å²) in [5, 5.41) is -0.632. The van der Waals surface area contributed by atoms with Gasteiger partial charge in [0.2, 0.25) is 0 Å². The second-order valence-electron chi connectivity index (χ2n) is 3.10. The molecular formula is C9H18O4P2. The Morgan fingerprint density at radius 2 is 2.07 bits per heavy atom. The van der Waals surface area contributed by atoms with Gasteiger partial charge < -0.3 is 13.8 Å². The van der Waals surface area contributed by atoms with E-state index >= 15 is 0 Å². The van der Waals surface area contributed by atoms with Crippen LogP contribution in [0.1, 0.15) is 13.3 Å². The maximum absolute atomic E-state index is 11.5. The van der Waals surface area contributed by atoms with Crippen LogP contribution >= 0.6 is 16.8 Å². The van der Waals surface area contributed by atoms with Crippen LogP contribution in [0.5, 0.6) is 0 Å². The molecule has 0 aliphatic rings. The molecule has 0 bridgehead atoms. The predicted octanol–water partition coefficient (Wildman–Crippen LogP) is 2.10. The van der Waals surface area contributed by atoms with Crippen molar-refractivity contribution in [1.82, 2.24) is 0 Å². The van der Waals surface area contributed by atoms with Crippen molar-refractivity contribution in [2.75, 3.05) is 27.5 Å². The van der Waals surface area contributed by atoms with Crippen molar-refractivity contribution in [2.24, 2.45) is 0 Å². The van der Waals surface area contributed by atoms with E-state index in [1.54, 1.807) is 14.0 Å².